The number of carbonyl (C=O) groups excluding carboxylic acids is 1. The maximum absolute atomic E-state index is 13.9. The lowest BCUT2D eigenvalue weighted by Gasteiger charge is -2.36. The summed E-state index contributed by atoms with van der Waals surface area (Å²) < 4.78 is 28.0. The second kappa shape index (κ2) is 10.0. The van der Waals surface area contributed by atoms with Crippen LogP contribution >= 0.6 is 0 Å². The van der Waals surface area contributed by atoms with Gasteiger partial charge in [0.15, 0.2) is 0 Å². The number of rotatable bonds is 7. The monoisotopic (exact) mass is 508 g/mol. The van der Waals surface area contributed by atoms with Crippen LogP contribution in [0.25, 0.3) is 11.1 Å². The number of nitrogens with zero attached hydrogens (tertiary/aromatic N) is 1. The Morgan fingerprint density at radius 2 is 1.73 bits per heavy atom. The number of hydrogen-bond acceptors (Lipinski definition) is 5. The molecule has 8 heteroatoms. The van der Waals surface area contributed by atoms with Crippen molar-refractivity contribution < 1.29 is 23.8 Å². The van der Waals surface area contributed by atoms with Crippen LogP contribution in [0.2, 0.25) is 0 Å². The fraction of sp³-hybridized carbons (Fsp3) is 0.379. The highest BCUT2D eigenvalue weighted by Gasteiger charge is 2.32. The van der Waals surface area contributed by atoms with Crippen LogP contribution in [0, 0.1) is 19.7 Å². The number of carbonyl (C=O) groups is 1. The van der Waals surface area contributed by atoms with Gasteiger partial charge in [-0.1, -0.05) is 6.07 Å². The number of aliphatic hydroxyl groups is 1. The standard InChI is InChI=1S/C29H33FN2O5/c1-16-9-20(30)10-17(2)28(16)37-25-8-7-19(29(4,5)35)11-23(25)24-15-32(6)27(34)14-26(24)36-22-12-21(13-22)31-18(3)33/h7-11,14-15,21-22,35H,12-13H2,1-6H3,(H,31,33)/t21-,22-. The summed E-state index contributed by atoms with van der Waals surface area (Å²) >= 11 is 0. The lowest BCUT2D eigenvalue weighted by atomic mass is 9.89. The largest absolute Gasteiger partial charge is 0.489 e. The Balaban J connectivity index is 1.80. The number of benzene rings is 2. The highest BCUT2D eigenvalue weighted by Crippen LogP contribution is 2.42. The van der Waals surface area contributed by atoms with Gasteiger partial charge >= 0.3 is 0 Å². The van der Waals surface area contributed by atoms with E-state index in [1.165, 1.54) is 29.7 Å². The zero-order valence-electron chi connectivity index (χ0n) is 22.0. The minimum atomic E-state index is -1.13. The van der Waals surface area contributed by atoms with Crippen molar-refractivity contribution in [3.8, 4) is 28.4 Å². The van der Waals surface area contributed by atoms with Crippen LogP contribution in [0.5, 0.6) is 17.2 Å². The van der Waals surface area contributed by atoms with Gasteiger partial charge in [-0.3, -0.25) is 9.59 Å². The Hall–Kier alpha value is -3.65. The summed E-state index contributed by atoms with van der Waals surface area (Å²) in [5.41, 5.74) is 1.81. The van der Waals surface area contributed by atoms with Gasteiger partial charge in [0.2, 0.25) is 5.91 Å². The van der Waals surface area contributed by atoms with Gasteiger partial charge in [-0.2, -0.15) is 0 Å². The zero-order chi connectivity index (χ0) is 27.1. The third kappa shape index (κ3) is 5.85. The summed E-state index contributed by atoms with van der Waals surface area (Å²) in [4.78, 5) is 23.9. The van der Waals surface area contributed by atoms with Gasteiger partial charge in [-0.25, -0.2) is 4.39 Å². The number of aromatic nitrogens is 1. The minimum Gasteiger partial charge on any atom is -0.489 e. The lowest BCUT2D eigenvalue weighted by molar-refractivity contribution is -0.120. The van der Waals surface area contributed by atoms with Crippen LogP contribution in [0.3, 0.4) is 0 Å². The fourth-order valence-corrected chi connectivity index (χ4v) is 4.54. The highest BCUT2D eigenvalue weighted by atomic mass is 19.1. The molecule has 0 aliphatic heterocycles. The quantitative estimate of drug-likeness (QED) is 0.475. The van der Waals surface area contributed by atoms with Crippen molar-refractivity contribution in [1.29, 1.82) is 0 Å². The van der Waals surface area contributed by atoms with Crippen LogP contribution in [-0.4, -0.2) is 27.7 Å². The van der Waals surface area contributed by atoms with Crippen molar-refractivity contribution >= 4 is 5.91 Å². The van der Waals surface area contributed by atoms with Crippen LogP contribution in [-0.2, 0) is 17.4 Å². The molecule has 1 aliphatic carbocycles. The third-order valence-electron chi connectivity index (χ3n) is 6.60. The van der Waals surface area contributed by atoms with E-state index >= 15 is 0 Å². The maximum atomic E-state index is 13.9. The Kier molecular flexibility index (Phi) is 7.15. The van der Waals surface area contributed by atoms with E-state index in [1.807, 2.05) is 6.07 Å². The number of amides is 1. The molecule has 0 unspecified atom stereocenters. The first-order chi connectivity index (χ1) is 17.3. The van der Waals surface area contributed by atoms with Gasteiger partial charge in [0, 0.05) is 56.2 Å². The molecular weight excluding hydrogens is 475 g/mol. The van der Waals surface area contributed by atoms with E-state index in [1.54, 1.807) is 53.1 Å². The molecule has 37 heavy (non-hydrogen) atoms. The number of pyridine rings is 1. The first-order valence-corrected chi connectivity index (χ1v) is 12.3. The summed E-state index contributed by atoms with van der Waals surface area (Å²) in [7, 11) is 1.65. The van der Waals surface area contributed by atoms with Crippen LogP contribution in [0.15, 0.2) is 47.4 Å². The molecule has 0 bridgehead atoms. The molecule has 4 rings (SSSR count). The first kappa shape index (κ1) is 26.4. The average molecular weight is 509 g/mol. The van der Waals surface area contributed by atoms with Gasteiger partial charge in [-0.15, -0.1) is 0 Å². The van der Waals surface area contributed by atoms with Gasteiger partial charge in [0.05, 0.1) is 5.60 Å². The summed E-state index contributed by atoms with van der Waals surface area (Å²) in [6.45, 7) is 8.42. The normalized spacial score (nSPS) is 17.2. The molecule has 7 nitrogen and oxygen atoms in total. The predicted octanol–water partition coefficient (Wildman–Crippen LogP) is 4.87. The Morgan fingerprint density at radius 3 is 2.32 bits per heavy atom. The second-order valence-electron chi connectivity index (χ2n) is 10.3. The molecule has 1 fully saturated rings. The topological polar surface area (TPSA) is 89.8 Å². The molecule has 1 aromatic heterocycles. The Morgan fingerprint density at radius 1 is 1.08 bits per heavy atom. The Labute approximate surface area is 215 Å². The molecule has 1 saturated carbocycles. The van der Waals surface area contributed by atoms with Crippen molar-refractivity contribution in [2.75, 3.05) is 0 Å². The van der Waals surface area contributed by atoms with Crippen LogP contribution < -0.4 is 20.3 Å². The molecule has 3 aromatic rings. The zero-order valence-corrected chi connectivity index (χ0v) is 22.0. The highest BCUT2D eigenvalue weighted by molar-refractivity contribution is 5.77. The number of halogens is 1. The van der Waals surface area contributed by atoms with E-state index < -0.39 is 5.60 Å². The molecule has 0 saturated heterocycles. The van der Waals surface area contributed by atoms with E-state index in [9.17, 15) is 19.1 Å². The van der Waals surface area contributed by atoms with Gasteiger partial charge in [0.25, 0.3) is 5.56 Å². The summed E-state index contributed by atoms with van der Waals surface area (Å²) in [6.07, 6.45) is 2.79. The van der Waals surface area contributed by atoms with Crippen molar-refractivity contribution in [2.24, 2.45) is 7.05 Å². The lowest BCUT2D eigenvalue weighted by Crippen LogP contribution is -2.48. The number of hydrogen-bond donors (Lipinski definition) is 2. The van der Waals surface area contributed by atoms with E-state index in [2.05, 4.69) is 5.32 Å². The van der Waals surface area contributed by atoms with Gasteiger partial charge in [-0.05, 0) is 68.7 Å². The molecule has 1 amide bonds. The van der Waals surface area contributed by atoms with E-state index in [0.29, 0.717) is 57.9 Å². The molecule has 1 aliphatic rings. The number of ether oxygens (including phenoxy) is 2. The van der Waals surface area contributed by atoms with Crippen molar-refractivity contribution in [1.82, 2.24) is 9.88 Å². The first-order valence-electron chi connectivity index (χ1n) is 12.3. The third-order valence-corrected chi connectivity index (χ3v) is 6.60. The molecule has 0 spiro atoms. The number of aryl methyl sites for hydroxylation is 3. The van der Waals surface area contributed by atoms with Crippen molar-refractivity contribution in [3.63, 3.8) is 0 Å². The second-order valence-corrected chi connectivity index (χ2v) is 10.3. The summed E-state index contributed by atoms with van der Waals surface area (Å²) in [5.74, 6) is 0.961. The van der Waals surface area contributed by atoms with E-state index in [-0.39, 0.29) is 29.4 Å². The molecule has 1 heterocycles. The predicted molar refractivity (Wildman–Crippen MR) is 140 cm³/mol. The molecule has 196 valence electrons. The fourth-order valence-electron chi connectivity index (χ4n) is 4.54. The average Bonchev–Trinajstić information content (AvgIpc) is 2.76. The van der Waals surface area contributed by atoms with Crippen molar-refractivity contribution in [2.45, 2.75) is 65.2 Å². The molecule has 0 radical (unpaired) electrons. The van der Waals surface area contributed by atoms with Gasteiger partial charge in [0.1, 0.15) is 29.2 Å². The van der Waals surface area contributed by atoms with E-state index in [0.717, 1.165) is 0 Å². The SMILES string of the molecule is CC(=O)N[C@H]1C[C@H](Oc2cc(=O)n(C)cc2-c2cc(C(C)(C)O)ccc2Oc2c(C)cc(F)cc2C)C1. The summed E-state index contributed by atoms with van der Waals surface area (Å²) in [6, 6.07) is 9.66. The molecular formula is C29H33FN2O5. The van der Waals surface area contributed by atoms with Crippen LogP contribution in [0.1, 0.15) is 50.3 Å². The van der Waals surface area contributed by atoms with E-state index in [4.69, 9.17) is 9.47 Å². The number of nitrogens with one attached hydrogen (secondary N) is 1. The maximum Gasteiger partial charge on any atom is 0.254 e. The smallest absolute Gasteiger partial charge is 0.254 e. The molecule has 0 atom stereocenters. The van der Waals surface area contributed by atoms with Crippen LogP contribution in [0.4, 0.5) is 4.39 Å². The Bertz CT molecular complexity index is 1380. The van der Waals surface area contributed by atoms with Crippen molar-refractivity contribution in [3.05, 3.63) is 75.5 Å². The minimum absolute atomic E-state index is 0.0410. The summed E-state index contributed by atoms with van der Waals surface area (Å²) in [5, 5.41) is 13.6. The molecule has 2 aromatic carbocycles. The van der Waals surface area contributed by atoms with Gasteiger partial charge < -0.3 is 24.5 Å². The molecule has 2 N–H and O–H groups in total.